The van der Waals surface area contributed by atoms with Crippen LogP contribution < -0.4 is 0 Å². The highest BCUT2D eigenvalue weighted by Crippen LogP contribution is 2.48. The summed E-state index contributed by atoms with van der Waals surface area (Å²) in [5, 5.41) is 5.67. The van der Waals surface area contributed by atoms with Gasteiger partial charge in [0.1, 0.15) is 0 Å². The van der Waals surface area contributed by atoms with Gasteiger partial charge in [-0.25, -0.2) is 0 Å². The Kier molecular flexibility index (Phi) is 7.81. The van der Waals surface area contributed by atoms with Crippen molar-refractivity contribution in [1.82, 2.24) is 0 Å². The van der Waals surface area contributed by atoms with Gasteiger partial charge in [0.25, 0.3) is 0 Å². The summed E-state index contributed by atoms with van der Waals surface area (Å²) in [6.07, 6.45) is 23.6. The van der Waals surface area contributed by atoms with E-state index in [1.807, 2.05) is 18.3 Å². The number of hydrogen-bond donors (Lipinski definition) is 0. The maximum absolute atomic E-state index is 4.86. The van der Waals surface area contributed by atoms with Gasteiger partial charge in [-0.1, -0.05) is 122 Å². The monoisotopic (exact) mass is 559 g/mol. The predicted octanol–water partition coefficient (Wildman–Crippen LogP) is 11.4. The number of rotatable bonds is 6. The highest BCUT2D eigenvalue weighted by molar-refractivity contribution is 6.07. The zero-order valence-electron chi connectivity index (χ0n) is 25.3. The van der Waals surface area contributed by atoms with Crippen molar-refractivity contribution < 1.29 is 0 Å². The molecular formula is C42H41N. The molecule has 214 valence electrons. The number of aliphatic imine (C=N–C) groups is 1. The van der Waals surface area contributed by atoms with E-state index in [0.717, 1.165) is 36.1 Å². The largest absolute Gasteiger partial charge is 0.260 e. The van der Waals surface area contributed by atoms with Crippen LogP contribution in [0.15, 0.2) is 144 Å². The Hall–Kier alpha value is -4.23. The van der Waals surface area contributed by atoms with Crippen LogP contribution in [0.2, 0.25) is 0 Å². The van der Waals surface area contributed by atoms with Crippen molar-refractivity contribution in [2.45, 2.75) is 57.3 Å². The van der Waals surface area contributed by atoms with Crippen LogP contribution in [0.3, 0.4) is 0 Å². The normalized spacial score (nSPS) is 24.2. The lowest BCUT2D eigenvalue weighted by atomic mass is 9.70. The zero-order chi connectivity index (χ0) is 29.2. The molecule has 0 heterocycles. The third kappa shape index (κ3) is 5.38. The summed E-state index contributed by atoms with van der Waals surface area (Å²) in [6, 6.07) is 28.8. The molecule has 4 aromatic carbocycles. The highest BCUT2D eigenvalue weighted by Gasteiger charge is 2.30. The van der Waals surface area contributed by atoms with Gasteiger partial charge in [0.2, 0.25) is 0 Å². The highest BCUT2D eigenvalue weighted by atomic mass is 14.7. The van der Waals surface area contributed by atoms with E-state index in [1.165, 1.54) is 57.5 Å². The first kappa shape index (κ1) is 27.6. The van der Waals surface area contributed by atoms with Gasteiger partial charge in [0, 0.05) is 23.7 Å². The number of benzene rings is 4. The van der Waals surface area contributed by atoms with Crippen molar-refractivity contribution in [3.05, 3.63) is 156 Å². The van der Waals surface area contributed by atoms with Crippen LogP contribution in [0.4, 0.5) is 0 Å². The molecule has 0 radical (unpaired) electrons. The van der Waals surface area contributed by atoms with E-state index in [-0.39, 0.29) is 0 Å². The molecule has 0 N–H and O–H groups in total. The van der Waals surface area contributed by atoms with Crippen molar-refractivity contribution in [1.29, 1.82) is 0 Å². The lowest BCUT2D eigenvalue weighted by Gasteiger charge is -2.34. The number of hydrogen-bond acceptors (Lipinski definition) is 1. The summed E-state index contributed by atoms with van der Waals surface area (Å²) in [5.41, 5.74) is 7.66. The maximum atomic E-state index is 4.86. The molecule has 1 heteroatoms. The van der Waals surface area contributed by atoms with Crippen molar-refractivity contribution >= 4 is 27.3 Å². The summed E-state index contributed by atoms with van der Waals surface area (Å²) in [6.45, 7) is 6.27. The van der Waals surface area contributed by atoms with Crippen LogP contribution in [-0.2, 0) is 0 Å². The second-order valence-corrected chi connectivity index (χ2v) is 12.5. The minimum absolute atomic E-state index is 0.350. The second-order valence-electron chi connectivity index (χ2n) is 12.5. The van der Waals surface area contributed by atoms with Gasteiger partial charge in [-0.05, 0) is 107 Å². The lowest BCUT2D eigenvalue weighted by Crippen LogP contribution is -2.20. The summed E-state index contributed by atoms with van der Waals surface area (Å²) < 4.78 is 0. The molecular weight excluding hydrogens is 518 g/mol. The smallest absolute Gasteiger partial charge is 0.0445 e. The molecule has 4 aromatic rings. The first-order valence-corrected chi connectivity index (χ1v) is 16.1. The van der Waals surface area contributed by atoms with Gasteiger partial charge in [0.15, 0.2) is 0 Å². The quantitative estimate of drug-likeness (QED) is 0.0964. The molecule has 43 heavy (non-hydrogen) atoms. The fourth-order valence-corrected chi connectivity index (χ4v) is 7.84. The first-order chi connectivity index (χ1) is 21.2. The van der Waals surface area contributed by atoms with Crippen LogP contribution in [0.1, 0.15) is 74.0 Å². The molecule has 0 fully saturated rings. The molecule has 7 rings (SSSR count). The summed E-state index contributed by atoms with van der Waals surface area (Å²) in [7, 11) is 0. The molecule has 0 bridgehead atoms. The van der Waals surface area contributed by atoms with Gasteiger partial charge in [-0.15, -0.1) is 0 Å². The van der Waals surface area contributed by atoms with E-state index >= 15 is 0 Å². The van der Waals surface area contributed by atoms with Crippen LogP contribution in [0.5, 0.6) is 0 Å². The van der Waals surface area contributed by atoms with Crippen LogP contribution in [0, 0.1) is 11.8 Å². The summed E-state index contributed by atoms with van der Waals surface area (Å²) in [5.74, 6) is 2.15. The predicted molar refractivity (Wildman–Crippen MR) is 185 cm³/mol. The van der Waals surface area contributed by atoms with Gasteiger partial charge >= 0.3 is 0 Å². The third-order valence-corrected chi connectivity index (χ3v) is 10.0. The Bertz CT molecular complexity index is 1760. The molecule has 1 nitrogen and oxygen atoms in total. The topological polar surface area (TPSA) is 12.4 Å². The first-order valence-electron chi connectivity index (χ1n) is 16.1. The van der Waals surface area contributed by atoms with E-state index in [1.54, 1.807) is 0 Å². The number of fused-ring (bicyclic) bond motifs is 3. The van der Waals surface area contributed by atoms with E-state index in [2.05, 4.69) is 117 Å². The van der Waals surface area contributed by atoms with Gasteiger partial charge < -0.3 is 0 Å². The molecule has 3 aliphatic rings. The molecule has 0 saturated carbocycles. The molecule has 4 unspecified atom stereocenters. The molecule has 0 aliphatic heterocycles. The SMILES string of the molecule is C=C/C(=C\N=C(C)c1ccccc1)C1=CC(c2c3ccccc3c(C3C=CC4CCC=CC4C3)c3ccccc23)CCC1. The molecule has 0 spiro atoms. The zero-order valence-corrected chi connectivity index (χ0v) is 25.3. The van der Waals surface area contributed by atoms with Gasteiger partial charge in [-0.2, -0.15) is 0 Å². The van der Waals surface area contributed by atoms with Crippen LogP contribution in [-0.4, -0.2) is 5.71 Å². The van der Waals surface area contributed by atoms with E-state index in [0.29, 0.717) is 23.7 Å². The van der Waals surface area contributed by atoms with Crippen molar-refractivity contribution in [2.24, 2.45) is 16.8 Å². The molecule has 4 atom stereocenters. The molecule has 3 aliphatic carbocycles. The number of allylic oxidation sites excluding steroid dienone is 8. The summed E-state index contributed by atoms with van der Waals surface area (Å²) >= 11 is 0. The molecule has 0 amide bonds. The third-order valence-electron chi connectivity index (χ3n) is 10.0. The lowest BCUT2D eigenvalue weighted by molar-refractivity contribution is 0.374. The van der Waals surface area contributed by atoms with Crippen LogP contribution in [0.25, 0.3) is 21.5 Å². The van der Waals surface area contributed by atoms with Crippen molar-refractivity contribution in [2.75, 3.05) is 0 Å². The maximum Gasteiger partial charge on any atom is 0.0445 e. The average molecular weight is 560 g/mol. The fourth-order valence-electron chi connectivity index (χ4n) is 7.84. The van der Waals surface area contributed by atoms with Gasteiger partial charge in [-0.3, -0.25) is 4.99 Å². The Balaban J connectivity index is 1.33. The second kappa shape index (κ2) is 12.2. The van der Waals surface area contributed by atoms with Crippen molar-refractivity contribution in [3.8, 4) is 0 Å². The fraction of sp³-hybridized carbons (Fsp3) is 0.262. The standard InChI is InChI=1S/C42H41N/c1-3-30(28-43-29(2)31-14-5-4-6-15-31)33-18-13-19-35(26-33)41-37-20-9-11-22-39(37)42(40-23-12-10-21-38(40)41)36-25-24-32-16-7-8-17-34(32)27-36/h3-6,8-12,14-15,17,20-26,28,32,34-36H,1,7,13,16,18-19,27H2,2H3/b30-28+,43-29?. The Morgan fingerprint density at radius 3 is 2.07 bits per heavy atom. The van der Waals surface area contributed by atoms with Crippen LogP contribution >= 0.6 is 0 Å². The van der Waals surface area contributed by atoms with E-state index < -0.39 is 0 Å². The molecule has 0 saturated heterocycles. The average Bonchev–Trinajstić information content (AvgIpc) is 3.07. The summed E-state index contributed by atoms with van der Waals surface area (Å²) in [4.78, 5) is 4.86. The van der Waals surface area contributed by atoms with E-state index in [4.69, 9.17) is 4.99 Å². The molecule has 0 aromatic heterocycles. The minimum atomic E-state index is 0.350. The Labute approximate surface area is 256 Å². The Morgan fingerprint density at radius 1 is 0.744 bits per heavy atom. The Morgan fingerprint density at radius 2 is 1.40 bits per heavy atom. The van der Waals surface area contributed by atoms with Crippen molar-refractivity contribution in [3.63, 3.8) is 0 Å². The minimum Gasteiger partial charge on any atom is -0.260 e. The van der Waals surface area contributed by atoms with E-state index in [9.17, 15) is 0 Å². The number of nitrogens with zero attached hydrogens (tertiary/aromatic N) is 1. The van der Waals surface area contributed by atoms with Gasteiger partial charge in [0.05, 0.1) is 0 Å².